The monoisotopic (exact) mass is 334 g/mol. The number of benzene rings is 1. The lowest BCUT2D eigenvalue weighted by atomic mass is 10.2. The molecule has 0 saturated heterocycles. The van der Waals surface area contributed by atoms with Crippen LogP contribution in [0, 0.1) is 0 Å². The molecule has 4 nitrogen and oxygen atoms in total. The summed E-state index contributed by atoms with van der Waals surface area (Å²) < 4.78 is 6.12. The van der Waals surface area contributed by atoms with Crippen LogP contribution in [0.4, 0.5) is 5.69 Å². The first-order chi connectivity index (χ1) is 9.69. The number of rotatable bonds is 5. The lowest BCUT2D eigenvalue weighted by Crippen LogP contribution is -2.11. The van der Waals surface area contributed by atoms with Crippen molar-refractivity contribution in [2.24, 2.45) is 0 Å². The summed E-state index contributed by atoms with van der Waals surface area (Å²) in [4.78, 5) is 16.0. The molecule has 1 N–H and O–H groups in total. The third-order valence-corrected chi connectivity index (χ3v) is 3.01. The minimum Gasteiger partial charge on any atom is -0.494 e. The Balaban J connectivity index is 2.01. The molecule has 0 unspecified atom stereocenters. The average molecular weight is 335 g/mol. The predicted molar refractivity (Wildman–Crippen MR) is 82.1 cm³/mol. The van der Waals surface area contributed by atoms with Crippen molar-refractivity contribution in [1.29, 1.82) is 0 Å². The van der Waals surface area contributed by atoms with E-state index in [-0.39, 0.29) is 5.91 Å². The van der Waals surface area contributed by atoms with Gasteiger partial charge in [0.05, 0.1) is 6.61 Å². The molecular formula is C15H15BrN2O2. The lowest BCUT2D eigenvalue weighted by molar-refractivity contribution is 0.102. The maximum Gasteiger partial charge on any atom is 0.255 e. The van der Waals surface area contributed by atoms with E-state index in [0.717, 1.165) is 17.9 Å². The molecule has 1 aromatic carbocycles. The van der Waals surface area contributed by atoms with Crippen LogP contribution in [0.15, 0.2) is 47.2 Å². The first-order valence-corrected chi connectivity index (χ1v) is 7.14. The number of hydrogen-bond donors (Lipinski definition) is 1. The molecule has 0 bridgehead atoms. The van der Waals surface area contributed by atoms with Crippen molar-refractivity contribution in [3.8, 4) is 5.75 Å². The number of ether oxygens (including phenoxy) is 1. The third kappa shape index (κ3) is 4.06. The van der Waals surface area contributed by atoms with Gasteiger partial charge in [0, 0.05) is 17.4 Å². The second-order valence-electron chi connectivity index (χ2n) is 4.19. The number of nitrogens with one attached hydrogen (secondary N) is 1. The van der Waals surface area contributed by atoms with Crippen molar-refractivity contribution in [3.05, 3.63) is 52.8 Å². The minimum absolute atomic E-state index is 0.171. The largest absolute Gasteiger partial charge is 0.494 e. The van der Waals surface area contributed by atoms with Gasteiger partial charge >= 0.3 is 0 Å². The molecule has 2 aromatic rings. The number of halogens is 1. The lowest BCUT2D eigenvalue weighted by Gasteiger charge is -2.07. The van der Waals surface area contributed by atoms with Gasteiger partial charge in [-0.1, -0.05) is 6.92 Å². The first-order valence-electron chi connectivity index (χ1n) is 6.35. The number of pyridine rings is 1. The number of aromatic nitrogens is 1. The number of amides is 1. The van der Waals surface area contributed by atoms with E-state index < -0.39 is 0 Å². The molecule has 1 amide bonds. The van der Waals surface area contributed by atoms with E-state index >= 15 is 0 Å². The van der Waals surface area contributed by atoms with E-state index in [1.54, 1.807) is 18.3 Å². The molecule has 1 heterocycles. The maximum absolute atomic E-state index is 12.0. The van der Waals surface area contributed by atoms with Crippen molar-refractivity contribution < 1.29 is 9.53 Å². The molecule has 104 valence electrons. The van der Waals surface area contributed by atoms with Gasteiger partial charge in [-0.15, -0.1) is 0 Å². The summed E-state index contributed by atoms with van der Waals surface area (Å²) in [6, 6.07) is 10.7. The van der Waals surface area contributed by atoms with Crippen molar-refractivity contribution >= 4 is 27.5 Å². The molecular weight excluding hydrogens is 320 g/mol. The number of anilines is 1. The number of hydrogen-bond acceptors (Lipinski definition) is 3. The summed E-state index contributed by atoms with van der Waals surface area (Å²) in [5.41, 5.74) is 1.28. The SMILES string of the molecule is CCCOc1ccc(NC(=O)c2ccnc(Br)c2)cc1. The summed E-state index contributed by atoms with van der Waals surface area (Å²) in [6.07, 6.45) is 2.55. The van der Waals surface area contributed by atoms with Crippen LogP contribution >= 0.6 is 15.9 Å². The molecule has 5 heteroatoms. The Labute approximate surface area is 126 Å². The van der Waals surface area contributed by atoms with Gasteiger partial charge in [0.25, 0.3) is 5.91 Å². The van der Waals surface area contributed by atoms with Gasteiger partial charge in [-0.3, -0.25) is 4.79 Å². The molecule has 0 spiro atoms. The summed E-state index contributed by atoms with van der Waals surface area (Å²) in [5.74, 6) is 0.631. The number of carbonyl (C=O) groups is 1. The normalized spacial score (nSPS) is 10.1. The van der Waals surface area contributed by atoms with E-state index in [1.807, 2.05) is 24.3 Å². The Morgan fingerprint density at radius 1 is 1.30 bits per heavy atom. The Morgan fingerprint density at radius 2 is 2.05 bits per heavy atom. The molecule has 20 heavy (non-hydrogen) atoms. The van der Waals surface area contributed by atoms with E-state index in [2.05, 4.69) is 33.2 Å². The molecule has 0 aliphatic carbocycles. The summed E-state index contributed by atoms with van der Waals surface area (Å²) in [5, 5.41) is 2.83. The summed E-state index contributed by atoms with van der Waals surface area (Å²) in [7, 11) is 0. The smallest absolute Gasteiger partial charge is 0.255 e. The first kappa shape index (κ1) is 14.5. The van der Waals surface area contributed by atoms with Crippen LogP contribution in [0.1, 0.15) is 23.7 Å². The summed E-state index contributed by atoms with van der Waals surface area (Å²) >= 11 is 3.24. The highest BCUT2D eigenvalue weighted by molar-refractivity contribution is 9.10. The molecule has 0 fully saturated rings. The topological polar surface area (TPSA) is 51.2 Å². The van der Waals surface area contributed by atoms with Crippen molar-refractivity contribution in [1.82, 2.24) is 4.98 Å². The van der Waals surface area contributed by atoms with Crippen LogP contribution in [-0.2, 0) is 0 Å². The minimum atomic E-state index is -0.171. The Kier molecular flexibility index (Phi) is 5.12. The van der Waals surface area contributed by atoms with Crippen LogP contribution in [0.2, 0.25) is 0 Å². The zero-order valence-corrected chi connectivity index (χ0v) is 12.7. The van der Waals surface area contributed by atoms with Gasteiger partial charge in [0.2, 0.25) is 0 Å². The van der Waals surface area contributed by atoms with Crippen LogP contribution in [0.3, 0.4) is 0 Å². The van der Waals surface area contributed by atoms with Gasteiger partial charge in [0.1, 0.15) is 10.4 Å². The highest BCUT2D eigenvalue weighted by Crippen LogP contribution is 2.17. The zero-order valence-electron chi connectivity index (χ0n) is 11.1. The number of carbonyl (C=O) groups excluding carboxylic acids is 1. The average Bonchev–Trinajstić information content (AvgIpc) is 2.46. The van der Waals surface area contributed by atoms with Crippen LogP contribution in [0.25, 0.3) is 0 Å². The van der Waals surface area contributed by atoms with Crippen molar-refractivity contribution in [3.63, 3.8) is 0 Å². The van der Waals surface area contributed by atoms with E-state index in [4.69, 9.17) is 4.74 Å². The maximum atomic E-state index is 12.0. The van der Waals surface area contributed by atoms with E-state index in [1.165, 1.54) is 0 Å². The van der Waals surface area contributed by atoms with Crippen LogP contribution < -0.4 is 10.1 Å². The van der Waals surface area contributed by atoms with E-state index in [0.29, 0.717) is 16.8 Å². The van der Waals surface area contributed by atoms with Gasteiger partial charge in [0.15, 0.2) is 0 Å². The zero-order chi connectivity index (χ0) is 14.4. The molecule has 0 aliphatic heterocycles. The van der Waals surface area contributed by atoms with Crippen LogP contribution in [0.5, 0.6) is 5.75 Å². The Bertz CT molecular complexity index is 585. The molecule has 0 radical (unpaired) electrons. The van der Waals surface area contributed by atoms with Gasteiger partial charge in [-0.2, -0.15) is 0 Å². The van der Waals surface area contributed by atoms with E-state index in [9.17, 15) is 4.79 Å². The fourth-order valence-corrected chi connectivity index (χ4v) is 1.97. The Hall–Kier alpha value is -1.88. The summed E-state index contributed by atoms with van der Waals surface area (Å²) in [6.45, 7) is 2.75. The second-order valence-corrected chi connectivity index (χ2v) is 5.01. The second kappa shape index (κ2) is 7.05. The van der Waals surface area contributed by atoms with Gasteiger partial charge in [-0.25, -0.2) is 4.98 Å². The van der Waals surface area contributed by atoms with Crippen LogP contribution in [-0.4, -0.2) is 17.5 Å². The predicted octanol–water partition coefficient (Wildman–Crippen LogP) is 3.89. The molecule has 1 aromatic heterocycles. The van der Waals surface area contributed by atoms with Crippen molar-refractivity contribution in [2.75, 3.05) is 11.9 Å². The quantitative estimate of drug-likeness (QED) is 0.844. The standard InChI is InChI=1S/C15H15BrN2O2/c1-2-9-20-13-5-3-12(4-6-13)18-15(19)11-7-8-17-14(16)10-11/h3-8,10H,2,9H2,1H3,(H,18,19). The molecule has 0 atom stereocenters. The molecule has 0 aliphatic rings. The fraction of sp³-hybridized carbons (Fsp3) is 0.200. The van der Waals surface area contributed by atoms with Crippen molar-refractivity contribution in [2.45, 2.75) is 13.3 Å². The fourth-order valence-electron chi connectivity index (χ4n) is 1.60. The highest BCUT2D eigenvalue weighted by atomic mass is 79.9. The third-order valence-electron chi connectivity index (χ3n) is 2.57. The molecule has 0 saturated carbocycles. The molecule has 2 rings (SSSR count). The highest BCUT2D eigenvalue weighted by Gasteiger charge is 2.06. The van der Waals surface area contributed by atoms with Gasteiger partial charge in [-0.05, 0) is 58.7 Å². The Morgan fingerprint density at radius 3 is 2.70 bits per heavy atom. The van der Waals surface area contributed by atoms with Gasteiger partial charge < -0.3 is 10.1 Å². The number of nitrogens with zero attached hydrogens (tertiary/aromatic N) is 1.